The predicted octanol–water partition coefficient (Wildman–Crippen LogP) is 2.80. The van der Waals surface area contributed by atoms with Crippen molar-refractivity contribution >= 4 is 17.7 Å². The summed E-state index contributed by atoms with van der Waals surface area (Å²) in [4.78, 5) is 15.0. The molecule has 2 aromatic heterocycles. The van der Waals surface area contributed by atoms with E-state index in [0.717, 1.165) is 5.69 Å². The minimum Gasteiger partial charge on any atom is -0.453 e. The van der Waals surface area contributed by atoms with E-state index in [-0.39, 0.29) is 24.6 Å². The first-order chi connectivity index (χ1) is 12.8. The number of halogens is 3. The van der Waals surface area contributed by atoms with Gasteiger partial charge in [-0.1, -0.05) is 6.07 Å². The Morgan fingerprint density at radius 1 is 1.30 bits per heavy atom. The van der Waals surface area contributed by atoms with Gasteiger partial charge in [-0.3, -0.25) is 5.10 Å². The molecule has 0 bridgehead atoms. The average Bonchev–Trinajstić information content (AvgIpc) is 3.01. The monoisotopic (exact) mass is 386 g/mol. The molecule has 0 spiro atoms. The van der Waals surface area contributed by atoms with Crippen LogP contribution in [0.2, 0.25) is 0 Å². The van der Waals surface area contributed by atoms with Gasteiger partial charge in [0.2, 0.25) is 0 Å². The first-order valence-corrected chi connectivity index (χ1v) is 8.17. The lowest BCUT2D eigenvalue weighted by Crippen LogP contribution is -2.36. The number of aromatic amines is 1. The Balaban J connectivity index is 2.01. The van der Waals surface area contributed by atoms with Gasteiger partial charge in [-0.2, -0.15) is 18.3 Å². The topological polar surface area (TPSA) is 104 Å². The van der Waals surface area contributed by atoms with Crippen molar-refractivity contribution in [3.05, 3.63) is 35.7 Å². The quantitative estimate of drug-likeness (QED) is 0.520. The van der Waals surface area contributed by atoms with Crippen LogP contribution in [0, 0.1) is 6.92 Å². The zero-order valence-electron chi connectivity index (χ0n) is 14.9. The largest absolute Gasteiger partial charge is 0.453 e. The Kier molecular flexibility index (Phi) is 6.99. The summed E-state index contributed by atoms with van der Waals surface area (Å²) in [6, 6.07) is 4.13. The molecule has 0 aromatic carbocycles. The number of alkyl carbamates (subject to hydrolysis) is 1. The number of nitrogens with zero attached hydrogens (tertiary/aromatic N) is 2. The fourth-order valence-electron chi connectivity index (χ4n) is 2.28. The standard InChI is InChI=1S/C16H21F3N6O2/c1-10-9-13(25-24-10)23-12-6-3-5-11(22-12)14(16(17,18)19)20-7-4-8-21-15(26)27-2/h3,5-6,9,14,20H,4,7-8H2,1-2H3,(H,21,26)(H2,22,23,24,25)/t14-/m1/s1. The SMILES string of the molecule is COC(=O)NCCCN[C@H](c1cccc(Nc2cc(C)[nH]n2)n1)C(F)(F)F. The summed E-state index contributed by atoms with van der Waals surface area (Å²) in [5.74, 6) is 0.713. The number of hydrogen-bond acceptors (Lipinski definition) is 6. The Morgan fingerprint density at radius 3 is 2.70 bits per heavy atom. The molecule has 2 aromatic rings. The molecular weight excluding hydrogens is 365 g/mol. The van der Waals surface area contributed by atoms with E-state index in [9.17, 15) is 18.0 Å². The second kappa shape index (κ2) is 9.21. The number of H-pyrrole nitrogens is 1. The fraction of sp³-hybridized carbons (Fsp3) is 0.438. The second-order valence-electron chi connectivity index (χ2n) is 5.71. The first kappa shape index (κ1) is 20.5. The molecule has 0 saturated carbocycles. The highest BCUT2D eigenvalue weighted by Gasteiger charge is 2.41. The maximum atomic E-state index is 13.4. The Hall–Kier alpha value is -2.82. The van der Waals surface area contributed by atoms with E-state index in [1.165, 1.54) is 19.2 Å². The summed E-state index contributed by atoms with van der Waals surface area (Å²) in [7, 11) is 1.21. The van der Waals surface area contributed by atoms with E-state index in [2.05, 4.69) is 35.9 Å². The third-order valence-electron chi connectivity index (χ3n) is 3.51. The number of carbonyl (C=O) groups excluding carboxylic acids is 1. The molecule has 148 valence electrons. The molecule has 0 aliphatic heterocycles. The van der Waals surface area contributed by atoms with Crippen molar-refractivity contribution in [1.82, 2.24) is 25.8 Å². The second-order valence-corrected chi connectivity index (χ2v) is 5.71. The van der Waals surface area contributed by atoms with Gasteiger partial charge in [0.25, 0.3) is 0 Å². The van der Waals surface area contributed by atoms with E-state index in [1.807, 2.05) is 0 Å². The molecule has 0 aliphatic carbocycles. The first-order valence-electron chi connectivity index (χ1n) is 8.17. The molecule has 27 heavy (non-hydrogen) atoms. The van der Waals surface area contributed by atoms with Gasteiger partial charge in [0.15, 0.2) is 5.82 Å². The predicted molar refractivity (Wildman–Crippen MR) is 92.7 cm³/mol. The molecule has 4 N–H and O–H groups in total. The van der Waals surface area contributed by atoms with Gasteiger partial charge in [0.05, 0.1) is 12.8 Å². The zero-order chi connectivity index (χ0) is 19.9. The summed E-state index contributed by atoms with van der Waals surface area (Å²) >= 11 is 0. The van der Waals surface area contributed by atoms with Crippen molar-refractivity contribution in [2.75, 3.05) is 25.5 Å². The summed E-state index contributed by atoms with van der Waals surface area (Å²) in [6.07, 6.45) is -4.85. The number of alkyl halides is 3. The molecule has 0 fully saturated rings. The number of anilines is 2. The van der Waals surface area contributed by atoms with E-state index in [4.69, 9.17) is 0 Å². The van der Waals surface area contributed by atoms with Gasteiger partial charge in [-0.15, -0.1) is 0 Å². The van der Waals surface area contributed by atoms with Gasteiger partial charge in [0.1, 0.15) is 11.9 Å². The van der Waals surface area contributed by atoms with Crippen LogP contribution in [0.1, 0.15) is 23.9 Å². The highest BCUT2D eigenvalue weighted by atomic mass is 19.4. The highest BCUT2D eigenvalue weighted by molar-refractivity contribution is 5.66. The lowest BCUT2D eigenvalue weighted by atomic mass is 10.1. The van der Waals surface area contributed by atoms with E-state index < -0.39 is 18.3 Å². The normalized spacial score (nSPS) is 12.5. The van der Waals surface area contributed by atoms with Crippen molar-refractivity contribution in [2.24, 2.45) is 0 Å². The van der Waals surface area contributed by atoms with Gasteiger partial charge in [0, 0.05) is 18.3 Å². The van der Waals surface area contributed by atoms with Crippen molar-refractivity contribution in [3.8, 4) is 0 Å². The van der Waals surface area contributed by atoms with Crippen molar-refractivity contribution in [3.63, 3.8) is 0 Å². The number of nitrogens with one attached hydrogen (secondary N) is 4. The maximum absolute atomic E-state index is 13.4. The number of methoxy groups -OCH3 is 1. The molecule has 8 nitrogen and oxygen atoms in total. The number of aryl methyl sites for hydroxylation is 1. The van der Waals surface area contributed by atoms with Crippen LogP contribution in [0.4, 0.5) is 29.6 Å². The molecular formula is C16H21F3N6O2. The van der Waals surface area contributed by atoms with Crippen LogP contribution in [0.15, 0.2) is 24.3 Å². The number of rotatable bonds is 8. The molecule has 0 unspecified atom stereocenters. The smallest absolute Gasteiger partial charge is 0.409 e. The Bertz CT molecular complexity index is 750. The minimum absolute atomic E-state index is 0.0338. The van der Waals surface area contributed by atoms with Crippen LogP contribution in [0.25, 0.3) is 0 Å². The zero-order valence-corrected chi connectivity index (χ0v) is 14.9. The lowest BCUT2D eigenvalue weighted by molar-refractivity contribution is -0.158. The van der Waals surface area contributed by atoms with Gasteiger partial charge in [-0.25, -0.2) is 9.78 Å². The summed E-state index contributed by atoms with van der Waals surface area (Å²) in [6.45, 7) is 2.03. The molecule has 2 rings (SSSR count). The lowest BCUT2D eigenvalue weighted by Gasteiger charge is -2.21. The molecule has 11 heteroatoms. The third kappa shape index (κ3) is 6.44. The van der Waals surface area contributed by atoms with Crippen molar-refractivity contribution in [1.29, 1.82) is 0 Å². The number of aromatic nitrogens is 3. The van der Waals surface area contributed by atoms with Crippen LogP contribution >= 0.6 is 0 Å². The number of ether oxygens (including phenoxy) is 1. The number of hydrogen-bond donors (Lipinski definition) is 4. The van der Waals surface area contributed by atoms with Crippen LogP contribution in [0.3, 0.4) is 0 Å². The minimum atomic E-state index is -4.52. The Morgan fingerprint density at radius 2 is 2.07 bits per heavy atom. The Labute approximate surface area is 153 Å². The molecule has 1 atom stereocenters. The molecule has 0 saturated heterocycles. The van der Waals surface area contributed by atoms with Crippen molar-refractivity contribution in [2.45, 2.75) is 25.6 Å². The van der Waals surface area contributed by atoms with E-state index in [0.29, 0.717) is 12.2 Å². The highest BCUT2D eigenvalue weighted by Crippen LogP contribution is 2.32. The van der Waals surface area contributed by atoms with Crippen LogP contribution in [-0.2, 0) is 4.74 Å². The molecule has 0 aliphatic rings. The van der Waals surface area contributed by atoms with Gasteiger partial charge < -0.3 is 20.7 Å². The van der Waals surface area contributed by atoms with E-state index in [1.54, 1.807) is 19.1 Å². The van der Waals surface area contributed by atoms with Crippen LogP contribution in [0.5, 0.6) is 0 Å². The number of carbonyl (C=O) groups is 1. The van der Waals surface area contributed by atoms with E-state index >= 15 is 0 Å². The van der Waals surface area contributed by atoms with Gasteiger partial charge in [-0.05, 0) is 32.0 Å². The summed E-state index contributed by atoms with van der Waals surface area (Å²) in [5.41, 5.74) is 0.643. The fourth-order valence-corrected chi connectivity index (χ4v) is 2.28. The molecule has 2 heterocycles. The molecule has 1 amide bonds. The van der Waals surface area contributed by atoms with Crippen molar-refractivity contribution < 1.29 is 22.7 Å². The van der Waals surface area contributed by atoms with Crippen LogP contribution in [-0.4, -0.2) is 47.7 Å². The summed E-state index contributed by atoms with van der Waals surface area (Å²) < 4.78 is 44.7. The third-order valence-corrected chi connectivity index (χ3v) is 3.51. The number of amides is 1. The van der Waals surface area contributed by atoms with Gasteiger partial charge >= 0.3 is 12.3 Å². The van der Waals surface area contributed by atoms with Crippen LogP contribution < -0.4 is 16.0 Å². The average molecular weight is 386 g/mol. The molecule has 0 radical (unpaired) electrons. The summed E-state index contributed by atoms with van der Waals surface area (Å²) in [5, 5.41) is 14.4. The maximum Gasteiger partial charge on any atom is 0.409 e. The number of pyridine rings is 1.